The van der Waals surface area contributed by atoms with Crippen molar-refractivity contribution in [2.75, 3.05) is 6.54 Å². The first-order valence-electron chi connectivity index (χ1n) is 9.30. The van der Waals surface area contributed by atoms with Crippen molar-refractivity contribution in [2.45, 2.75) is 52.5 Å². The lowest BCUT2D eigenvalue weighted by Gasteiger charge is -2.19. The second kappa shape index (κ2) is 7.58. The molecule has 1 amide bonds. The lowest BCUT2D eigenvalue weighted by molar-refractivity contribution is 0.0929. The van der Waals surface area contributed by atoms with Crippen molar-refractivity contribution >= 4 is 5.91 Å². The van der Waals surface area contributed by atoms with E-state index in [1.54, 1.807) is 6.07 Å². The highest BCUT2D eigenvalue weighted by molar-refractivity contribution is 5.95. The Morgan fingerprint density at radius 2 is 2.15 bits per heavy atom. The van der Waals surface area contributed by atoms with Gasteiger partial charge in [-0.1, -0.05) is 44.5 Å². The molecular formula is C20H28N4O2. The standard InChI is InChI=1S/C20H28N4O2/c1-20(2,3)11-17-23-18(24-26-17)13-6-4-7-14(10-13)19(25)22-16-9-5-8-15(16)12-21/h4,6-7,10,15-16H,5,8-9,11-12,21H2,1-3H3,(H,22,25). The van der Waals surface area contributed by atoms with Crippen LogP contribution < -0.4 is 11.1 Å². The van der Waals surface area contributed by atoms with Crippen LogP contribution in [-0.2, 0) is 6.42 Å². The molecule has 2 atom stereocenters. The number of rotatable bonds is 5. The molecule has 3 N–H and O–H groups in total. The molecule has 2 aromatic rings. The third-order valence-electron chi connectivity index (χ3n) is 4.81. The number of carbonyl (C=O) groups is 1. The average Bonchev–Trinajstić information content (AvgIpc) is 3.22. The summed E-state index contributed by atoms with van der Waals surface area (Å²) in [6.45, 7) is 6.99. The topological polar surface area (TPSA) is 94.0 Å². The van der Waals surface area contributed by atoms with E-state index >= 15 is 0 Å². The van der Waals surface area contributed by atoms with Crippen LogP contribution in [0.3, 0.4) is 0 Å². The Morgan fingerprint density at radius 3 is 2.88 bits per heavy atom. The Balaban J connectivity index is 1.73. The first kappa shape index (κ1) is 18.6. The van der Waals surface area contributed by atoms with Crippen LogP contribution in [0.5, 0.6) is 0 Å². The average molecular weight is 356 g/mol. The monoisotopic (exact) mass is 356 g/mol. The predicted octanol–water partition coefficient (Wildman–Crippen LogP) is 3.18. The molecule has 1 saturated carbocycles. The number of benzene rings is 1. The quantitative estimate of drug-likeness (QED) is 0.858. The van der Waals surface area contributed by atoms with E-state index in [0.29, 0.717) is 36.2 Å². The van der Waals surface area contributed by atoms with Gasteiger partial charge in [-0.15, -0.1) is 0 Å². The minimum atomic E-state index is -0.0735. The lowest BCUT2D eigenvalue weighted by Crippen LogP contribution is -2.39. The summed E-state index contributed by atoms with van der Waals surface area (Å²) in [5.74, 6) is 1.42. The fourth-order valence-corrected chi connectivity index (χ4v) is 3.46. The summed E-state index contributed by atoms with van der Waals surface area (Å²) in [7, 11) is 0. The number of hydrogen-bond donors (Lipinski definition) is 2. The van der Waals surface area contributed by atoms with Gasteiger partial charge in [-0.2, -0.15) is 4.98 Å². The van der Waals surface area contributed by atoms with Gasteiger partial charge in [0.05, 0.1) is 0 Å². The van der Waals surface area contributed by atoms with Crippen LogP contribution in [0, 0.1) is 11.3 Å². The van der Waals surface area contributed by atoms with Crippen molar-refractivity contribution in [1.82, 2.24) is 15.5 Å². The van der Waals surface area contributed by atoms with Crippen LogP contribution in [0.15, 0.2) is 28.8 Å². The molecule has 0 bridgehead atoms. The maximum absolute atomic E-state index is 12.6. The summed E-state index contributed by atoms with van der Waals surface area (Å²) >= 11 is 0. The van der Waals surface area contributed by atoms with Crippen molar-refractivity contribution in [1.29, 1.82) is 0 Å². The molecular weight excluding hydrogens is 328 g/mol. The van der Waals surface area contributed by atoms with Gasteiger partial charge in [-0.05, 0) is 42.9 Å². The fourth-order valence-electron chi connectivity index (χ4n) is 3.46. The van der Waals surface area contributed by atoms with Gasteiger partial charge in [0.2, 0.25) is 11.7 Å². The van der Waals surface area contributed by atoms with Gasteiger partial charge in [0.25, 0.3) is 5.91 Å². The summed E-state index contributed by atoms with van der Waals surface area (Å²) in [4.78, 5) is 17.1. The SMILES string of the molecule is CC(C)(C)Cc1nc(-c2cccc(C(=O)NC3CCCC3CN)c2)no1. The Labute approximate surface area is 154 Å². The van der Waals surface area contributed by atoms with Crippen LogP contribution in [-0.4, -0.2) is 28.6 Å². The Kier molecular flexibility index (Phi) is 5.41. The second-order valence-corrected chi connectivity index (χ2v) is 8.34. The largest absolute Gasteiger partial charge is 0.349 e. The number of nitrogens with one attached hydrogen (secondary N) is 1. The van der Waals surface area contributed by atoms with E-state index in [1.165, 1.54) is 0 Å². The zero-order valence-corrected chi connectivity index (χ0v) is 15.8. The third-order valence-corrected chi connectivity index (χ3v) is 4.81. The van der Waals surface area contributed by atoms with E-state index in [-0.39, 0.29) is 17.4 Å². The van der Waals surface area contributed by atoms with Gasteiger partial charge in [0.15, 0.2) is 0 Å². The van der Waals surface area contributed by atoms with Gasteiger partial charge in [-0.25, -0.2) is 0 Å². The van der Waals surface area contributed by atoms with Crippen LogP contribution in [0.1, 0.15) is 56.3 Å². The van der Waals surface area contributed by atoms with Crippen molar-refractivity contribution in [3.63, 3.8) is 0 Å². The molecule has 140 valence electrons. The third kappa shape index (κ3) is 4.49. The van der Waals surface area contributed by atoms with Gasteiger partial charge in [-0.3, -0.25) is 4.79 Å². The summed E-state index contributed by atoms with van der Waals surface area (Å²) in [6, 6.07) is 7.52. The molecule has 1 heterocycles. The summed E-state index contributed by atoms with van der Waals surface area (Å²) in [5, 5.41) is 7.19. The van der Waals surface area contributed by atoms with Crippen molar-refractivity contribution in [3.8, 4) is 11.4 Å². The zero-order chi connectivity index (χ0) is 18.7. The van der Waals surface area contributed by atoms with Crippen LogP contribution in [0.4, 0.5) is 0 Å². The normalized spacial score (nSPS) is 20.3. The maximum Gasteiger partial charge on any atom is 0.251 e. The number of nitrogens with two attached hydrogens (primary N) is 1. The van der Waals surface area contributed by atoms with Gasteiger partial charge >= 0.3 is 0 Å². The van der Waals surface area contributed by atoms with Crippen LogP contribution >= 0.6 is 0 Å². The Hall–Kier alpha value is -2.21. The minimum absolute atomic E-state index is 0.0735. The maximum atomic E-state index is 12.6. The van der Waals surface area contributed by atoms with Gasteiger partial charge in [0, 0.05) is 23.6 Å². The summed E-state index contributed by atoms with van der Waals surface area (Å²) in [6.07, 6.45) is 3.91. The molecule has 1 fully saturated rings. The number of carbonyl (C=O) groups excluding carboxylic acids is 1. The Morgan fingerprint density at radius 1 is 1.35 bits per heavy atom. The smallest absolute Gasteiger partial charge is 0.251 e. The highest BCUT2D eigenvalue weighted by atomic mass is 16.5. The molecule has 0 spiro atoms. The molecule has 26 heavy (non-hydrogen) atoms. The molecule has 1 aliphatic carbocycles. The Bertz CT molecular complexity index is 763. The highest BCUT2D eigenvalue weighted by Gasteiger charge is 2.27. The van der Waals surface area contributed by atoms with E-state index in [1.807, 2.05) is 18.2 Å². The van der Waals surface area contributed by atoms with Crippen molar-refractivity contribution < 1.29 is 9.32 Å². The van der Waals surface area contributed by atoms with E-state index in [0.717, 1.165) is 24.8 Å². The summed E-state index contributed by atoms with van der Waals surface area (Å²) in [5.41, 5.74) is 7.27. The van der Waals surface area contributed by atoms with Crippen LogP contribution in [0.2, 0.25) is 0 Å². The van der Waals surface area contributed by atoms with Crippen molar-refractivity contribution in [2.24, 2.45) is 17.1 Å². The molecule has 2 unspecified atom stereocenters. The summed E-state index contributed by atoms with van der Waals surface area (Å²) < 4.78 is 5.36. The fraction of sp³-hybridized carbons (Fsp3) is 0.550. The highest BCUT2D eigenvalue weighted by Crippen LogP contribution is 2.26. The first-order valence-corrected chi connectivity index (χ1v) is 9.30. The van der Waals surface area contributed by atoms with E-state index < -0.39 is 0 Å². The van der Waals surface area contributed by atoms with Crippen LogP contribution in [0.25, 0.3) is 11.4 Å². The number of nitrogens with zero attached hydrogens (tertiary/aromatic N) is 2. The van der Waals surface area contributed by atoms with Crippen molar-refractivity contribution in [3.05, 3.63) is 35.7 Å². The predicted molar refractivity (Wildman–Crippen MR) is 101 cm³/mol. The van der Waals surface area contributed by atoms with Gasteiger partial charge in [0.1, 0.15) is 0 Å². The molecule has 1 aromatic heterocycles. The first-order chi connectivity index (χ1) is 12.4. The molecule has 0 saturated heterocycles. The molecule has 6 heteroatoms. The molecule has 3 rings (SSSR count). The number of amides is 1. The second-order valence-electron chi connectivity index (χ2n) is 8.34. The molecule has 1 aromatic carbocycles. The number of aromatic nitrogens is 2. The van der Waals surface area contributed by atoms with E-state index in [9.17, 15) is 4.79 Å². The molecule has 0 radical (unpaired) electrons. The zero-order valence-electron chi connectivity index (χ0n) is 15.8. The minimum Gasteiger partial charge on any atom is -0.349 e. The molecule has 1 aliphatic rings. The lowest BCUT2D eigenvalue weighted by atomic mass is 9.92. The van der Waals surface area contributed by atoms with Gasteiger partial charge < -0.3 is 15.6 Å². The van der Waals surface area contributed by atoms with E-state index in [2.05, 4.69) is 36.2 Å². The molecule has 0 aliphatic heterocycles. The molecule has 6 nitrogen and oxygen atoms in total. The van der Waals surface area contributed by atoms with E-state index in [4.69, 9.17) is 10.3 Å². The number of hydrogen-bond acceptors (Lipinski definition) is 5.